The lowest BCUT2D eigenvalue weighted by Gasteiger charge is -2.37. The molecule has 0 spiro atoms. The first-order valence-corrected chi connectivity index (χ1v) is 8.15. The maximum absolute atomic E-state index is 6.06. The van der Waals surface area contributed by atoms with Gasteiger partial charge in [-0.3, -0.25) is 0 Å². The van der Waals surface area contributed by atoms with Crippen molar-refractivity contribution in [2.45, 2.75) is 20.8 Å². The van der Waals surface area contributed by atoms with Gasteiger partial charge < -0.3 is 15.5 Å². The fraction of sp³-hybridized carbons (Fsp3) is 0.368. The molecule has 2 N–H and O–H groups in total. The van der Waals surface area contributed by atoms with Crippen LogP contribution in [0.3, 0.4) is 0 Å². The van der Waals surface area contributed by atoms with Gasteiger partial charge in [0.2, 0.25) is 0 Å². The summed E-state index contributed by atoms with van der Waals surface area (Å²) in [5, 5.41) is 0. The van der Waals surface area contributed by atoms with Crippen molar-refractivity contribution in [3.8, 4) is 0 Å². The van der Waals surface area contributed by atoms with E-state index in [9.17, 15) is 0 Å². The zero-order valence-electron chi connectivity index (χ0n) is 13.9. The molecule has 1 aliphatic rings. The Hall–Kier alpha value is -2.16. The average molecular weight is 297 g/mol. The predicted octanol–water partition coefficient (Wildman–Crippen LogP) is 3.93. The van der Waals surface area contributed by atoms with Crippen molar-refractivity contribution >= 4 is 17.1 Å². The molecule has 0 bridgehead atoms. The smallest absolute Gasteiger partial charge is 0.0601 e. The van der Waals surface area contributed by atoms with Crippen LogP contribution in [0.5, 0.6) is 0 Å². The first-order valence-electron chi connectivity index (χ1n) is 8.15. The second-order valence-electron chi connectivity index (χ2n) is 5.37. The van der Waals surface area contributed by atoms with E-state index in [0.29, 0.717) is 0 Å². The summed E-state index contributed by atoms with van der Waals surface area (Å²) < 4.78 is 0. The van der Waals surface area contributed by atoms with Crippen LogP contribution in [0.2, 0.25) is 0 Å². The number of anilines is 3. The summed E-state index contributed by atoms with van der Waals surface area (Å²) in [4.78, 5) is 4.81. The molecule has 0 aliphatic carbocycles. The number of piperazine rings is 1. The van der Waals surface area contributed by atoms with Gasteiger partial charge >= 0.3 is 0 Å². The summed E-state index contributed by atoms with van der Waals surface area (Å²) in [6.07, 6.45) is 0. The van der Waals surface area contributed by atoms with Gasteiger partial charge in [0, 0.05) is 31.9 Å². The number of hydrogen-bond acceptors (Lipinski definition) is 3. The Kier molecular flexibility index (Phi) is 5.70. The molecule has 22 heavy (non-hydrogen) atoms. The van der Waals surface area contributed by atoms with Crippen LogP contribution < -0.4 is 15.5 Å². The highest BCUT2D eigenvalue weighted by molar-refractivity contribution is 5.68. The van der Waals surface area contributed by atoms with Crippen LogP contribution >= 0.6 is 0 Å². The minimum Gasteiger partial charge on any atom is -0.397 e. The van der Waals surface area contributed by atoms with Crippen molar-refractivity contribution in [1.82, 2.24) is 0 Å². The molecule has 0 unspecified atom stereocenters. The minimum absolute atomic E-state index is 0.872. The summed E-state index contributed by atoms with van der Waals surface area (Å²) in [6, 6.07) is 16.9. The molecule has 1 aliphatic heterocycles. The number of nitrogen functional groups attached to an aromatic ring is 1. The van der Waals surface area contributed by atoms with Crippen molar-refractivity contribution in [2.75, 3.05) is 41.7 Å². The summed E-state index contributed by atoms with van der Waals surface area (Å²) >= 11 is 0. The van der Waals surface area contributed by atoms with Crippen LogP contribution in [0, 0.1) is 6.92 Å². The van der Waals surface area contributed by atoms with Crippen LogP contribution in [-0.2, 0) is 0 Å². The minimum atomic E-state index is 0.872. The van der Waals surface area contributed by atoms with Crippen molar-refractivity contribution in [1.29, 1.82) is 0 Å². The van der Waals surface area contributed by atoms with Gasteiger partial charge in [-0.25, -0.2) is 0 Å². The molecule has 3 rings (SSSR count). The Labute approximate surface area is 134 Å². The first kappa shape index (κ1) is 16.2. The summed E-state index contributed by atoms with van der Waals surface area (Å²) in [6.45, 7) is 10.2. The van der Waals surface area contributed by atoms with Crippen LogP contribution in [0.4, 0.5) is 17.1 Å². The Morgan fingerprint density at radius 1 is 0.773 bits per heavy atom. The molecule has 1 fully saturated rings. The lowest BCUT2D eigenvalue weighted by molar-refractivity contribution is 0.654. The molecule has 0 amide bonds. The maximum Gasteiger partial charge on any atom is 0.0601 e. The van der Waals surface area contributed by atoms with Crippen LogP contribution in [0.15, 0.2) is 48.5 Å². The molecule has 2 aromatic rings. The van der Waals surface area contributed by atoms with Gasteiger partial charge in [0.25, 0.3) is 0 Å². The van der Waals surface area contributed by atoms with Crippen molar-refractivity contribution in [2.24, 2.45) is 0 Å². The molecule has 2 aromatic carbocycles. The van der Waals surface area contributed by atoms with Crippen molar-refractivity contribution in [3.63, 3.8) is 0 Å². The highest BCUT2D eigenvalue weighted by Crippen LogP contribution is 2.25. The van der Waals surface area contributed by atoms with E-state index in [-0.39, 0.29) is 0 Å². The number of hydrogen-bond donors (Lipinski definition) is 1. The predicted molar refractivity (Wildman–Crippen MR) is 97.8 cm³/mol. The van der Waals surface area contributed by atoms with Crippen LogP contribution in [0.25, 0.3) is 0 Å². The van der Waals surface area contributed by atoms with E-state index < -0.39 is 0 Å². The number of aryl methyl sites for hydroxylation is 1. The summed E-state index contributed by atoms with van der Waals surface area (Å²) in [5.41, 5.74) is 10.7. The molecule has 0 atom stereocenters. The molecule has 0 radical (unpaired) electrons. The quantitative estimate of drug-likeness (QED) is 0.853. The largest absolute Gasteiger partial charge is 0.397 e. The number of benzene rings is 2. The Morgan fingerprint density at radius 2 is 1.32 bits per heavy atom. The zero-order chi connectivity index (χ0) is 15.9. The molecular formula is C19H27N3. The molecule has 0 aromatic heterocycles. The topological polar surface area (TPSA) is 32.5 Å². The van der Waals surface area contributed by atoms with E-state index in [1.165, 1.54) is 11.3 Å². The van der Waals surface area contributed by atoms with E-state index in [4.69, 9.17) is 5.73 Å². The van der Waals surface area contributed by atoms with Crippen molar-refractivity contribution < 1.29 is 0 Å². The molecule has 1 saturated heterocycles. The third kappa shape index (κ3) is 3.73. The number of para-hydroxylation sites is 2. The van der Waals surface area contributed by atoms with E-state index in [0.717, 1.165) is 37.6 Å². The SMILES string of the molecule is CC.Cc1ccc(N2CCN(c3ccccc3N)CC2)cc1. The van der Waals surface area contributed by atoms with Crippen LogP contribution in [0.1, 0.15) is 19.4 Å². The number of nitrogens with two attached hydrogens (primary N) is 1. The Bertz CT molecular complexity index is 569. The summed E-state index contributed by atoms with van der Waals surface area (Å²) in [7, 11) is 0. The molecule has 3 heteroatoms. The van der Waals surface area contributed by atoms with Gasteiger partial charge in [-0.05, 0) is 31.2 Å². The highest BCUT2D eigenvalue weighted by atomic mass is 15.3. The lowest BCUT2D eigenvalue weighted by Crippen LogP contribution is -2.46. The second kappa shape index (κ2) is 7.74. The van der Waals surface area contributed by atoms with Crippen LogP contribution in [-0.4, -0.2) is 26.2 Å². The maximum atomic E-state index is 6.06. The highest BCUT2D eigenvalue weighted by Gasteiger charge is 2.18. The van der Waals surface area contributed by atoms with Gasteiger partial charge in [-0.1, -0.05) is 43.7 Å². The van der Waals surface area contributed by atoms with Gasteiger partial charge in [-0.15, -0.1) is 0 Å². The van der Waals surface area contributed by atoms with E-state index in [2.05, 4.69) is 53.1 Å². The Balaban J connectivity index is 0.000000847. The summed E-state index contributed by atoms with van der Waals surface area (Å²) in [5.74, 6) is 0. The molecule has 0 saturated carbocycles. The fourth-order valence-electron chi connectivity index (χ4n) is 2.74. The van der Waals surface area contributed by atoms with E-state index in [1.54, 1.807) is 0 Å². The second-order valence-corrected chi connectivity index (χ2v) is 5.37. The Morgan fingerprint density at radius 3 is 1.91 bits per heavy atom. The average Bonchev–Trinajstić information content (AvgIpc) is 2.58. The normalized spacial score (nSPS) is 14.3. The van der Waals surface area contributed by atoms with Gasteiger partial charge in [-0.2, -0.15) is 0 Å². The van der Waals surface area contributed by atoms with Gasteiger partial charge in [0.1, 0.15) is 0 Å². The number of rotatable bonds is 2. The molecular weight excluding hydrogens is 270 g/mol. The molecule has 118 valence electrons. The van der Waals surface area contributed by atoms with E-state index >= 15 is 0 Å². The molecule has 1 heterocycles. The van der Waals surface area contributed by atoms with Crippen molar-refractivity contribution in [3.05, 3.63) is 54.1 Å². The standard InChI is InChI=1S/C17H21N3.C2H6/c1-14-6-8-15(9-7-14)19-10-12-20(13-11-19)17-5-3-2-4-16(17)18;1-2/h2-9H,10-13,18H2,1H3;1-2H3. The fourth-order valence-corrected chi connectivity index (χ4v) is 2.74. The first-order chi connectivity index (χ1) is 10.7. The third-order valence-electron chi connectivity index (χ3n) is 3.96. The lowest BCUT2D eigenvalue weighted by atomic mass is 10.2. The van der Waals surface area contributed by atoms with E-state index in [1.807, 2.05) is 26.0 Å². The van der Waals surface area contributed by atoms with Gasteiger partial charge in [0.05, 0.1) is 11.4 Å². The molecule has 3 nitrogen and oxygen atoms in total. The van der Waals surface area contributed by atoms with Gasteiger partial charge in [0.15, 0.2) is 0 Å². The third-order valence-corrected chi connectivity index (χ3v) is 3.96. The zero-order valence-corrected chi connectivity index (χ0v) is 13.9. The number of nitrogens with zero attached hydrogens (tertiary/aromatic N) is 2. The monoisotopic (exact) mass is 297 g/mol.